The van der Waals surface area contributed by atoms with E-state index < -0.39 is 23.1 Å². The fraction of sp³-hybridized carbons (Fsp3) is 0.333. The number of pyridine rings is 1. The highest BCUT2D eigenvalue weighted by Gasteiger charge is 2.35. The van der Waals surface area contributed by atoms with Crippen LogP contribution in [0.5, 0.6) is 0 Å². The number of nitrogens with zero attached hydrogens (tertiary/aromatic N) is 1. The first-order valence-corrected chi connectivity index (χ1v) is 6.26. The third-order valence-corrected chi connectivity index (χ3v) is 3.18. The number of fused-ring (bicyclic) bond motifs is 1. The molecule has 0 spiro atoms. The van der Waals surface area contributed by atoms with Crippen LogP contribution in [0.1, 0.15) is 42.3 Å². The van der Waals surface area contributed by atoms with Crippen molar-refractivity contribution in [2.75, 3.05) is 0 Å². The topological polar surface area (TPSA) is 50.2 Å². The Morgan fingerprint density at radius 1 is 1.19 bits per heavy atom. The van der Waals surface area contributed by atoms with Crippen molar-refractivity contribution in [2.45, 2.75) is 32.4 Å². The molecule has 0 aliphatic rings. The van der Waals surface area contributed by atoms with Gasteiger partial charge in [0.05, 0.1) is 16.6 Å². The Hall–Kier alpha value is -2.11. The summed E-state index contributed by atoms with van der Waals surface area (Å²) in [7, 11) is 0. The highest BCUT2D eigenvalue weighted by atomic mass is 19.4. The summed E-state index contributed by atoms with van der Waals surface area (Å²) in [5.74, 6) is -1.20. The highest BCUT2D eigenvalue weighted by Crippen LogP contribution is 2.38. The Morgan fingerprint density at radius 3 is 2.29 bits per heavy atom. The first kappa shape index (κ1) is 15.3. The van der Waals surface area contributed by atoms with Gasteiger partial charge in [0.15, 0.2) is 0 Å². The van der Waals surface area contributed by atoms with E-state index in [4.69, 9.17) is 0 Å². The largest absolute Gasteiger partial charge is 0.478 e. The van der Waals surface area contributed by atoms with Crippen LogP contribution in [0.3, 0.4) is 0 Å². The fourth-order valence-corrected chi connectivity index (χ4v) is 2.42. The molecule has 0 aliphatic heterocycles. The maximum absolute atomic E-state index is 13.0. The number of carboxylic acid groups (broad SMARTS) is 1. The summed E-state index contributed by atoms with van der Waals surface area (Å²) >= 11 is 0. The van der Waals surface area contributed by atoms with Gasteiger partial charge in [-0.15, -0.1) is 0 Å². The second kappa shape index (κ2) is 4.72. The van der Waals surface area contributed by atoms with Crippen LogP contribution in [-0.2, 0) is 11.6 Å². The van der Waals surface area contributed by atoms with Crippen LogP contribution >= 0.6 is 0 Å². The van der Waals surface area contributed by atoms with E-state index in [-0.39, 0.29) is 16.5 Å². The average molecular weight is 297 g/mol. The molecular formula is C15H14F3NO2. The number of hydrogen-bond donors (Lipinski definition) is 1. The number of alkyl halides is 3. The van der Waals surface area contributed by atoms with E-state index in [9.17, 15) is 23.1 Å². The van der Waals surface area contributed by atoms with Gasteiger partial charge in [0, 0.05) is 11.6 Å². The van der Waals surface area contributed by atoms with E-state index in [2.05, 4.69) is 4.98 Å². The van der Waals surface area contributed by atoms with Gasteiger partial charge in [-0.05, 0) is 17.0 Å². The van der Waals surface area contributed by atoms with Gasteiger partial charge in [0.2, 0.25) is 0 Å². The molecule has 2 rings (SSSR count). The van der Waals surface area contributed by atoms with E-state index >= 15 is 0 Å². The maximum Gasteiger partial charge on any atom is 0.418 e. The summed E-state index contributed by atoms with van der Waals surface area (Å²) in [6.45, 7) is 5.28. The van der Waals surface area contributed by atoms with Crippen LogP contribution < -0.4 is 0 Å². The SMILES string of the molecule is CC(C)(C)c1c(C(=O)O)cnc2c(C(F)(F)F)cccc12. The molecule has 2 aromatic rings. The van der Waals surface area contributed by atoms with Crippen LogP contribution in [0.15, 0.2) is 24.4 Å². The predicted octanol–water partition coefficient (Wildman–Crippen LogP) is 4.25. The van der Waals surface area contributed by atoms with Crippen LogP contribution in [0.2, 0.25) is 0 Å². The molecule has 0 aliphatic carbocycles. The molecule has 21 heavy (non-hydrogen) atoms. The minimum absolute atomic E-state index is 0.0747. The van der Waals surface area contributed by atoms with E-state index in [1.54, 1.807) is 20.8 Å². The van der Waals surface area contributed by atoms with Crippen molar-refractivity contribution in [1.29, 1.82) is 0 Å². The van der Waals surface area contributed by atoms with Crippen LogP contribution in [-0.4, -0.2) is 16.1 Å². The number of aromatic nitrogens is 1. The summed E-state index contributed by atoms with van der Waals surface area (Å²) in [5.41, 5.74) is -1.43. The Kier molecular flexibility index (Phi) is 3.43. The number of aromatic carboxylic acids is 1. The lowest BCUT2D eigenvalue weighted by Crippen LogP contribution is -2.19. The standard InChI is InChI=1S/C15H14F3NO2/c1-14(2,3)11-8-5-4-6-10(15(16,17)18)12(8)19-7-9(11)13(20)21/h4-7H,1-3H3,(H,20,21). The van der Waals surface area contributed by atoms with Gasteiger partial charge in [-0.25, -0.2) is 4.79 Å². The van der Waals surface area contributed by atoms with Gasteiger partial charge >= 0.3 is 12.1 Å². The molecule has 1 aromatic carbocycles. The Bertz CT molecular complexity index is 715. The monoisotopic (exact) mass is 297 g/mol. The Morgan fingerprint density at radius 2 is 1.81 bits per heavy atom. The van der Waals surface area contributed by atoms with Crippen molar-refractivity contribution in [3.63, 3.8) is 0 Å². The second-order valence-corrected chi connectivity index (χ2v) is 5.80. The molecular weight excluding hydrogens is 283 g/mol. The van der Waals surface area contributed by atoms with E-state index in [1.165, 1.54) is 12.1 Å². The molecule has 0 saturated carbocycles. The summed E-state index contributed by atoms with van der Waals surface area (Å²) in [6, 6.07) is 3.69. The Labute approximate surface area is 119 Å². The summed E-state index contributed by atoms with van der Waals surface area (Å²) in [6.07, 6.45) is -3.53. The lowest BCUT2D eigenvalue weighted by Gasteiger charge is -2.24. The molecule has 3 nitrogen and oxygen atoms in total. The van der Waals surface area contributed by atoms with Gasteiger partial charge in [-0.2, -0.15) is 13.2 Å². The number of para-hydroxylation sites is 1. The molecule has 0 bridgehead atoms. The van der Waals surface area contributed by atoms with Gasteiger partial charge in [0.1, 0.15) is 0 Å². The van der Waals surface area contributed by atoms with Crippen molar-refractivity contribution in [1.82, 2.24) is 4.98 Å². The van der Waals surface area contributed by atoms with Gasteiger partial charge in [0.25, 0.3) is 0 Å². The maximum atomic E-state index is 13.0. The van der Waals surface area contributed by atoms with Crippen molar-refractivity contribution in [2.24, 2.45) is 0 Å². The molecule has 6 heteroatoms. The van der Waals surface area contributed by atoms with Crippen LogP contribution in [0.4, 0.5) is 13.2 Å². The number of halogens is 3. The normalized spacial score (nSPS) is 12.7. The van der Waals surface area contributed by atoms with Gasteiger partial charge in [-0.3, -0.25) is 4.98 Å². The zero-order valence-corrected chi connectivity index (χ0v) is 11.7. The smallest absolute Gasteiger partial charge is 0.418 e. The van der Waals surface area contributed by atoms with Crippen molar-refractivity contribution in [3.8, 4) is 0 Å². The molecule has 1 aromatic heterocycles. The van der Waals surface area contributed by atoms with Crippen LogP contribution in [0.25, 0.3) is 10.9 Å². The third kappa shape index (κ3) is 2.70. The molecule has 0 saturated heterocycles. The second-order valence-electron chi connectivity index (χ2n) is 5.80. The van der Waals surface area contributed by atoms with Crippen molar-refractivity contribution in [3.05, 3.63) is 41.1 Å². The lowest BCUT2D eigenvalue weighted by atomic mass is 9.81. The minimum Gasteiger partial charge on any atom is -0.478 e. The molecule has 0 radical (unpaired) electrons. The predicted molar refractivity (Wildman–Crippen MR) is 72.4 cm³/mol. The molecule has 0 unspecified atom stereocenters. The number of carbonyl (C=O) groups is 1. The zero-order valence-electron chi connectivity index (χ0n) is 11.7. The fourth-order valence-electron chi connectivity index (χ4n) is 2.42. The molecule has 0 fully saturated rings. The van der Waals surface area contributed by atoms with Gasteiger partial charge in [-0.1, -0.05) is 32.9 Å². The molecule has 112 valence electrons. The molecule has 1 N–H and O–H groups in total. The third-order valence-electron chi connectivity index (χ3n) is 3.18. The van der Waals surface area contributed by atoms with E-state index in [0.29, 0.717) is 5.56 Å². The average Bonchev–Trinajstić information content (AvgIpc) is 2.33. The van der Waals surface area contributed by atoms with E-state index in [0.717, 1.165) is 12.3 Å². The highest BCUT2D eigenvalue weighted by molar-refractivity contribution is 5.97. The zero-order chi connectivity index (χ0) is 16.0. The summed E-state index contributed by atoms with van der Waals surface area (Å²) < 4.78 is 39.1. The molecule has 1 heterocycles. The molecule has 0 amide bonds. The lowest BCUT2D eigenvalue weighted by molar-refractivity contribution is -0.136. The van der Waals surface area contributed by atoms with Gasteiger partial charge < -0.3 is 5.11 Å². The number of hydrogen-bond acceptors (Lipinski definition) is 2. The van der Waals surface area contributed by atoms with Crippen molar-refractivity contribution < 1.29 is 23.1 Å². The first-order valence-electron chi connectivity index (χ1n) is 6.26. The number of benzene rings is 1. The van der Waals surface area contributed by atoms with Crippen molar-refractivity contribution >= 4 is 16.9 Å². The number of rotatable bonds is 1. The molecule has 0 atom stereocenters. The Balaban J connectivity index is 2.96. The minimum atomic E-state index is -4.54. The number of carboxylic acids is 1. The quantitative estimate of drug-likeness (QED) is 0.856. The first-order chi connectivity index (χ1) is 9.53. The van der Waals surface area contributed by atoms with E-state index in [1.807, 2.05) is 0 Å². The summed E-state index contributed by atoms with van der Waals surface area (Å²) in [4.78, 5) is 15.1. The van der Waals surface area contributed by atoms with Crippen LogP contribution in [0, 0.1) is 0 Å². The summed E-state index contributed by atoms with van der Waals surface area (Å²) in [5, 5.41) is 9.48.